The topological polar surface area (TPSA) is 92.0 Å². The molecule has 0 spiro atoms. The van der Waals surface area contributed by atoms with Gasteiger partial charge in [0.25, 0.3) is 5.56 Å². The number of nitrogens with zero attached hydrogens (tertiary/aromatic N) is 1. The van der Waals surface area contributed by atoms with E-state index in [1.54, 1.807) is 24.3 Å². The normalized spacial score (nSPS) is 15.6. The van der Waals surface area contributed by atoms with E-state index in [0.29, 0.717) is 17.1 Å². The van der Waals surface area contributed by atoms with E-state index < -0.39 is 0 Å². The predicted molar refractivity (Wildman–Crippen MR) is 77.6 cm³/mol. The molecule has 5 nitrogen and oxygen atoms in total. The molecule has 0 radical (unpaired) electrons. The lowest BCUT2D eigenvalue weighted by Gasteiger charge is -2.11. The summed E-state index contributed by atoms with van der Waals surface area (Å²) in [7, 11) is 0. The maximum atomic E-state index is 12.2. The highest BCUT2D eigenvalue weighted by Crippen LogP contribution is 2.35. The number of nitrogen functional groups attached to an aromatic ring is 1. The van der Waals surface area contributed by atoms with Crippen LogP contribution < -0.4 is 11.3 Å². The zero-order chi connectivity index (χ0) is 14.1. The molecule has 1 saturated carbocycles. The molecular formula is C15H17N3O2. The van der Waals surface area contributed by atoms with Crippen molar-refractivity contribution >= 4 is 5.69 Å². The van der Waals surface area contributed by atoms with Crippen LogP contribution in [0.2, 0.25) is 0 Å². The van der Waals surface area contributed by atoms with Gasteiger partial charge in [-0.05, 0) is 43.0 Å². The third kappa shape index (κ3) is 2.27. The van der Waals surface area contributed by atoms with Crippen LogP contribution >= 0.6 is 0 Å². The van der Waals surface area contributed by atoms with Crippen molar-refractivity contribution in [3.63, 3.8) is 0 Å². The first-order valence-electron chi connectivity index (χ1n) is 6.84. The SMILES string of the molecule is Nc1ccc(-c2nc(O)c(C3CCCC3)c(=O)[nH]2)cc1. The van der Waals surface area contributed by atoms with Gasteiger partial charge < -0.3 is 15.8 Å². The van der Waals surface area contributed by atoms with Gasteiger partial charge in [0.05, 0.1) is 5.56 Å². The summed E-state index contributed by atoms with van der Waals surface area (Å²) in [5.74, 6) is 0.355. The summed E-state index contributed by atoms with van der Waals surface area (Å²) < 4.78 is 0. The number of nitrogens with one attached hydrogen (secondary N) is 1. The Morgan fingerprint density at radius 3 is 2.45 bits per heavy atom. The molecule has 0 amide bonds. The average molecular weight is 271 g/mol. The number of aromatic nitrogens is 2. The van der Waals surface area contributed by atoms with Gasteiger partial charge in [-0.3, -0.25) is 4.79 Å². The Morgan fingerprint density at radius 2 is 1.85 bits per heavy atom. The van der Waals surface area contributed by atoms with Crippen molar-refractivity contribution in [3.05, 3.63) is 40.2 Å². The van der Waals surface area contributed by atoms with Gasteiger partial charge in [-0.15, -0.1) is 0 Å². The molecule has 104 valence electrons. The molecule has 0 saturated heterocycles. The standard InChI is InChI=1S/C15H17N3O2/c16-11-7-5-10(6-8-11)13-17-14(19)12(15(20)18-13)9-3-1-2-4-9/h5-9H,1-4,16H2,(H2,17,18,19,20). The van der Waals surface area contributed by atoms with Crippen LogP contribution in [0.25, 0.3) is 11.4 Å². The van der Waals surface area contributed by atoms with Crippen molar-refractivity contribution in [2.45, 2.75) is 31.6 Å². The van der Waals surface area contributed by atoms with E-state index in [1.807, 2.05) is 0 Å². The maximum absolute atomic E-state index is 12.2. The zero-order valence-corrected chi connectivity index (χ0v) is 11.1. The number of hydrogen-bond acceptors (Lipinski definition) is 4. The van der Waals surface area contributed by atoms with Gasteiger partial charge in [-0.2, -0.15) is 4.98 Å². The lowest BCUT2D eigenvalue weighted by atomic mass is 10.00. The van der Waals surface area contributed by atoms with E-state index >= 15 is 0 Å². The van der Waals surface area contributed by atoms with Crippen LogP contribution in [-0.2, 0) is 0 Å². The molecule has 2 aromatic rings. The number of hydrogen-bond donors (Lipinski definition) is 3. The molecule has 20 heavy (non-hydrogen) atoms. The number of anilines is 1. The van der Waals surface area contributed by atoms with Gasteiger partial charge in [-0.25, -0.2) is 0 Å². The number of aromatic amines is 1. The Balaban J connectivity index is 2.03. The number of benzene rings is 1. The molecule has 3 rings (SSSR count). The second-order valence-electron chi connectivity index (χ2n) is 5.26. The Bertz CT molecular complexity index is 671. The van der Waals surface area contributed by atoms with Crippen LogP contribution in [0.5, 0.6) is 5.88 Å². The third-order valence-corrected chi connectivity index (χ3v) is 3.88. The van der Waals surface area contributed by atoms with E-state index in [2.05, 4.69) is 9.97 Å². The monoisotopic (exact) mass is 271 g/mol. The lowest BCUT2D eigenvalue weighted by Crippen LogP contribution is -2.17. The van der Waals surface area contributed by atoms with Gasteiger partial charge in [-0.1, -0.05) is 12.8 Å². The van der Waals surface area contributed by atoms with Gasteiger partial charge in [0.2, 0.25) is 5.88 Å². The lowest BCUT2D eigenvalue weighted by molar-refractivity contribution is 0.436. The van der Waals surface area contributed by atoms with Crippen LogP contribution in [0.15, 0.2) is 29.1 Å². The fourth-order valence-electron chi connectivity index (χ4n) is 2.83. The molecule has 1 heterocycles. The molecule has 1 aromatic heterocycles. The summed E-state index contributed by atoms with van der Waals surface area (Å²) in [6, 6.07) is 7.00. The minimum Gasteiger partial charge on any atom is -0.493 e. The first-order chi connectivity index (χ1) is 9.65. The van der Waals surface area contributed by atoms with Crippen LogP contribution in [0.4, 0.5) is 5.69 Å². The Morgan fingerprint density at radius 1 is 1.20 bits per heavy atom. The maximum Gasteiger partial charge on any atom is 0.258 e. The smallest absolute Gasteiger partial charge is 0.258 e. The minimum atomic E-state index is -0.240. The summed E-state index contributed by atoms with van der Waals surface area (Å²) in [5, 5.41) is 10.1. The molecule has 0 bridgehead atoms. The fourth-order valence-corrected chi connectivity index (χ4v) is 2.83. The van der Waals surface area contributed by atoms with E-state index in [-0.39, 0.29) is 17.4 Å². The van der Waals surface area contributed by atoms with Crippen LogP contribution in [0, 0.1) is 0 Å². The highest BCUT2D eigenvalue weighted by atomic mass is 16.3. The van der Waals surface area contributed by atoms with Crippen molar-refractivity contribution in [1.29, 1.82) is 0 Å². The number of aromatic hydroxyl groups is 1. The first-order valence-corrected chi connectivity index (χ1v) is 6.84. The summed E-state index contributed by atoms with van der Waals surface area (Å²) in [6.07, 6.45) is 4.09. The van der Waals surface area contributed by atoms with Crippen molar-refractivity contribution in [3.8, 4) is 17.3 Å². The minimum absolute atomic E-state index is 0.131. The van der Waals surface area contributed by atoms with E-state index in [1.165, 1.54) is 0 Å². The molecule has 1 fully saturated rings. The van der Waals surface area contributed by atoms with Crippen LogP contribution in [0.1, 0.15) is 37.2 Å². The van der Waals surface area contributed by atoms with Crippen molar-refractivity contribution in [2.75, 3.05) is 5.73 Å². The van der Waals surface area contributed by atoms with E-state index in [9.17, 15) is 9.90 Å². The molecule has 4 N–H and O–H groups in total. The zero-order valence-electron chi connectivity index (χ0n) is 11.1. The molecule has 1 aliphatic carbocycles. The Kier molecular flexibility index (Phi) is 3.18. The molecule has 0 atom stereocenters. The van der Waals surface area contributed by atoms with Gasteiger partial charge in [0.1, 0.15) is 5.82 Å². The Labute approximate surface area is 116 Å². The van der Waals surface area contributed by atoms with E-state index in [4.69, 9.17) is 5.73 Å². The van der Waals surface area contributed by atoms with Gasteiger partial charge >= 0.3 is 0 Å². The third-order valence-electron chi connectivity index (χ3n) is 3.88. The second kappa shape index (κ2) is 5.00. The van der Waals surface area contributed by atoms with Crippen molar-refractivity contribution in [2.24, 2.45) is 0 Å². The summed E-state index contributed by atoms with van der Waals surface area (Å²) in [4.78, 5) is 19.1. The van der Waals surface area contributed by atoms with Crippen LogP contribution in [-0.4, -0.2) is 15.1 Å². The quantitative estimate of drug-likeness (QED) is 0.731. The highest BCUT2D eigenvalue weighted by molar-refractivity contribution is 5.59. The molecule has 5 heteroatoms. The molecule has 1 aromatic carbocycles. The molecule has 0 unspecified atom stereocenters. The molecule has 0 aliphatic heterocycles. The fraction of sp³-hybridized carbons (Fsp3) is 0.333. The van der Waals surface area contributed by atoms with E-state index in [0.717, 1.165) is 31.2 Å². The predicted octanol–water partition coefficient (Wildman–Crippen LogP) is 2.38. The first kappa shape index (κ1) is 12.7. The number of rotatable bonds is 2. The van der Waals surface area contributed by atoms with Crippen LogP contribution in [0.3, 0.4) is 0 Å². The van der Waals surface area contributed by atoms with Gasteiger partial charge in [0, 0.05) is 11.3 Å². The highest BCUT2D eigenvalue weighted by Gasteiger charge is 2.24. The van der Waals surface area contributed by atoms with Crippen molar-refractivity contribution in [1.82, 2.24) is 9.97 Å². The second-order valence-corrected chi connectivity index (χ2v) is 5.26. The number of H-pyrrole nitrogens is 1. The summed E-state index contributed by atoms with van der Waals surface area (Å²) in [6.45, 7) is 0. The average Bonchev–Trinajstić information content (AvgIpc) is 2.92. The largest absolute Gasteiger partial charge is 0.493 e. The molecular weight excluding hydrogens is 254 g/mol. The van der Waals surface area contributed by atoms with Crippen molar-refractivity contribution < 1.29 is 5.11 Å². The van der Waals surface area contributed by atoms with Gasteiger partial charge in [0.15, 0.2) is 0 Å². The summed E-state index contributed by atoms with van der Waals surface area (Å²) >= 11 is 0. The summed E-state index contributed by atoms with van der Waals surface area (Å²) in [5.41, 5.74) is 7.19. The Hall–Kier alpha value is -2.30. The number of nitrogens with two attached hydrogens (primary N) is 1. The molecule has 1 aliphatic rings.